The van der Waals surface area contributed by atoms with Crippen LogP contribution in [0.25, 0.3) is 0 Å². The van der Waals surface area contributed by atoms with Crippen molar-refractivity contribution in [3.63, 3.8) is 0 Å². The van der Waals surface area contributed by atoms with Gasteiger partial charge in [0.05, 0.1) is 6.10 Å². The highest BCUT2D eigenvalue weighted by Crippen LogP contribution is 2.45. The van der Waals surface area contributed by atoms with Crippen LogP contribution in [0.3, 0.4) is 0 Å². The minimum atomic E-state index is -0.276. The van der Waals surface area contributed by atoms with Gasteiger partial charge in [0.15, 0.2) is 0 Å². The fourth-order valence-corrected chi connectivity index (χ4v) is 3.00. The summed E-state index contributed by atoms with van der Waals surface area (Å²) in [5.41, 5.74) is 3.62. The zero-order valence-corrected chi connectivity index (χ0v) is 11.4. The zero-order valence-electron chi connectivity index (χ0n) is 11.4. The van der Waals surface area contributed by atoms with Crippen LogP contribution in [-0.4, -0.2) is 22.9 Å². The fourth-order valence-electron chi connectivity index (χ4n) is 3.00. The first-order valence-electron chi connectivity index (χ1n) is 6.74. The Morgan fingerprint density at radius 3 is 2.78 bits per heavy atom. The molecule has 0 fully saturated rings. The van der Waals surface area contributed by atoms with Crippen LogP contribution in [0, 0.1) is 6.92 Å². The number of fused-ring (bicyclic) bond motifs is 1. The highest BCUT2D eigenvalue weighted by atomic mass is 16.3. The molecule has 1 aliphatic rings. The predicted octanol–water partition coefficient (Wildman–Crippen LogP) is 2.61. The fraction of sp³-hybridized carbons (Fsp3) is 0.600. The molecule has 1 aromatic rings. The molecule has 0 bridgehead atoms. The number of nitrogens with one attached hydrogen (secondary N) is 1. The highest BCUT2D eigenvalue weighted by Gasteiger charge is 2.31. The molecule has 0 spiro atoms. The standard InChI is InChI=1S/C15H23NO2/c1-9-4-5-13(18)15-12(8-10(2)14(9)15)16-7-6-11(3)17/h4-5,10-12,16-18H,6-8H2,1-3H3. The first-order valence-corrected chi connectivity index (χ1v) is 6.74. The van der Waals surface area contributed by atoms with Crippen molar-refractivity contribution in [2.45, 2.75) is 51.7 Å². The molecule has 0 saturated heterocycles. The van der Waals surface area contributed by atoms with E-state index in [1.54, 1.807) is 13.0 Å². The number of benzene rings is 1. The first kappa shape index (κ1) is 13.4. The van der Waals surface area contributed by atoms with Crippen molar-refractivity contribution in [1.29, 1.82) is 0 Å². The Morgan fingerprint density at radius 1 is 1.39 bits per heavy atom. The van der Waals surface area contributed by atoms with E-state index in [9.17, 15) is 10.2 Å². The molecule has 0 aromatic heterocycles. The van der Waals surface area contributed by atoms with Crippen LogP contribution in [0.1, 0.15) is 55.3 Å². The number of phenols is 1. The van der Waals surface area contributed by atoms with Crippen molar-refractivity contribution in [2.24, 2.45) is 0 Å². The maximum absolute atomic E-state index is 10.1. The largest absolute Gasteiger partial charge is 0.508 e. The van der Waals surface area contributed by atoms with E-state index in [0.29, 0.717) is 11.7 Å². The summed E-state index contributed by atoms with van der Waals surface area (Å²) >= 11 is 0. The molecule has 2 rings (SSSR count). The van der Waals surface area contributed by atoms with Gasteiger partial charge in [-0.3, -0.25) is 0 Å². The lowest BCUT2D eigenvalue weighted by molar-refractivity contribution is 0.182. The quantitative estimate of drug-likeness (QED) is 0.769. The molecule has 0 saturated carbocycles. The van der Waals surface area contributed by atoms with Gasteiger partial charge in [-0.2, -0.15) is 0 Å². The van der Waals surface area contributed by atoms with Gasteiger partial charge in [-0.15, -0.1) is 0 Å². The Hall–Kier alpha value is -1.06. The molecule has 1 aliphatic carbocycles. The van der Waals surface area contributed by atoms with E-state index in [4.69, 9.17) is 0 Å². The summed E-state index contributed by atoms with van der Waals surface area (Å²) in [7, 11) is 0. The third-order valence-electron chi connectivity index (χ3n) is 3.87. The van der Waals surface area contributed by atoms with E-state index in [1.807, 2.05) is 6.07 Å². The second kappa shape index (κ2) is 5.29. The molecule has 3 unspecified atom stereocenters. The number of hydrogen-bond donors (Lipinski definition) is 3. The van der Waals surface area contributed by atoms with Gasteiger partial charge in [-0.05, 0) is 56.3 Å². The van der Waals surface area contributed by atoms with Crippen LogP contribution < -0.4 is 5.32 Å². The number of aryl methyl sites for hydroxylation is 1. The van der Waals surface area contributed by atoms with Gasteiger partial charge in [-0.1, -0.05) is 13.0 Å². The second-order valence-corrected chi connectivity index (χ2v) is 5.51. The number of rotatable bonds is 4. The summed E-state index contributed by atoms with van der Waals surface area (Å²) in [6.45, 7) is 6.89. The number of aliphatic hydroxyl groups excluding tert-OH is 1. The van der Waals surface area contributed by atoms with Crippen LogP contribution in [-0.2, 0) is 0 Å². The first-order chi connectivity index (χ1) is 8.50. The third kappa shape index (κ3) is 2.52. The van der Waals surface area contributed by atoms with E-state index >= 15 is 0 Å². The summed E-state index contributed by atoms with van der Waals surface area (Å²) in [5.74, 6) is 0.880. The van der Waals surface area contributed by atoms with Crippen molar-refractivity contribution >= 4 is 0 Å². The maximum Gasteiger partial charge on any atom is 0.120 e. The summed E-state index contributed by atoms with van der Waals surface area (Å²) in [6, 6.07) is 3.99. The molecule has 0 aliphatic heterocycles. The van der Waals surface area contributed by atoms with Gasteiger partial charge < -0.3 is 15.5 Å². The minimum absolute atomic E-state index is 0.216. The zero-order chi connectivity index (χ0) is 13.3. The smallest absolute Gasteiger partial charge is 0.120 e. The van der Waals surface area contributed by atoms with E-state index in [0.717, 1.165) is 24.9 Å². The molecule has 3 nitrogen and oxygen atoms in total. The van der Waals surface area contributed by atoms with Gasteiger partial charge in [0.25, 0.3) is 0 Å². The summed E-state index contributed by atoms with van der Waals surface area (Å²) in [6.07, 6.45) is 1.49. The SMILES string of the molecule is Cc1ccc(O)c2c1C(C)CC2NCCC(C)O. The lowest BCUT2D eigenvalue weighted by Gasteiger charge is -2.16. The number of hydrogen-bond acceptors (Lipinski definition) is 3. The third-order valence-corrected chi connectivity index (χ3v) is 3.87. The Balaban J connectivity index is 2.16. The topological polar surface area (TPSA) is 52.5 Å². The van der Waals surface area contributed by atoms with Crippen LogP contribution in [0.15, 0.2) is 12.1 Å². The maximum atomic E-state index is 10.1. The van der Waals surface area contributed by atoms with Crippen molar-refractivity contribution in [3.05, 3.63) is 28.8 Å². The molecule has 3 N–H and O–H groups in total. The number of aromatic hydroxyl groups is 1. The van der Waals surface area contributed by atoms with Gasteiger partial charge in [0.1, 0.15) is 5.75 Å². The van der Waals surface area contributed by atoms with Gasteiger partial charge in [-0.25, -0.2) is 0 Å². The Bertz CT molecular complexity index is 429. The summed E-state index contributed by atoms with van der Waals surface area (Å²) < 4.78 is 0. The van der Waals surface area contributed by atoms with E-state index < -0.39 is 0 Å². The Kier molecular flexibility index (Phi) is 3.93. The lowest BCUT2D eigenvalue weighted by atomic mass is 9.97. The summed E-state index contributed by atoms with van der Waals surface area (Å²) in [5, 5.41) is 22.8. The molecule has 0 amide bonds. The normalized spacial score (nSPS) is 24.0. The van der Waals surface area contributed by atoms with E-state index in [1.165, 1.54) is 11.1 Å². The van der Waals surface area contributed by atoms with Crippen molar-refractivity contribution in [3.8, 4) is 5.75 Å². The lowest BCUT2D eigenvalue weighted by Crippen LogP contribution is -2.23. The molecule has 1 aromatic carbocycles. The minimum Gasteiger partial charge on any atom is -0.508 e. The number of aliphatic hydroxyl groups is 1. The van der Waals surface area contributed by atoms with Gasteiger partial charge in [0, 0.05) is 11.6 Å². The van der Waals surface area contributed by atoms with Crippen molar-refractivity contribution < 1.29 is 10.2 Å². The predicted molar refractivity (Wildman–Crippen MR) is 72.9 cm³/mol. The molecule has 100 valence electrons. The van der Waals surface area contributed by atoms with Crippen molar-refractivity contribution in [2.75, 3.05) is 6.54 Å². The average molecular weight is 249 g/mol. The average Bonchev–Trinajstić information content (AvgIpc) is 2.62. The van der Waals surface area contributed by atoms with Crippen LogP contribution in [0.4, 0.5) is 0 Å². The highest BCUT2D eigenvalue weighted by molar-refractivity contribution is 5.50. The second-order valence-electron chi connectivity index (χ2n) is 5.51. The van der Waals surface area contributed by atoms with E-state index in [2.05, 4.69) is 19.2 Å². The van der Waals surface area contributed by atoms with Crippen LogP contribution >= 0.6 is 0 Å². The molecular weight excluding hydrogens is 226 g/mol. The molecule has 3 heteroatoms. The monoisotopic (exact) mass is 249 g/mol. The molecule has 18 heavy (non-hydrogen) atoms. The number of phenolic OH excluding ortho intramolecular Hbond substituents is 1. The van der Waals surface area contributed by atoms with Crippen LogP contribution in [0.2, 0.25) is 0 Å². The van der Waals surface area contributed by atoms with Crippen molar-refractivity contribution in [1.82, 2.24) is 5.32 Å². The molecule has 0 radical (unpaired) electrons. The van der Waals surface area contributed by atoms with Gasteiger partial charge in [0.2, 0.25) is 0 Å². The van der Waals surface area contributed by atoms with E-state index in [-0.39, 0.29) is 12.1 Å². The summed E-state index contributed by atoms with van der Waals surface area (Å²) in [4.78, 5) is 0. The molecule has 3 atom stereocenters. The van der Waals surface area contributed by atoms with Gasteiger partial charge >= 0.3 is 0 Å². The Labute approximate surface area is 109 Å². The molecular formula is C15H23NO2. The Morgan fingerprint density at radius 2 is 2.11 bits per heavy atom. The van der Waals surface area contributed by atoms with Crippen LogP contribution in [0.5, 0.6) is 5.75 Å². The molecule has 0 heterocycles.